The average Bonchev–Trinajstić information content (AvgIpc) is 3.18. The Morgan fingerprint density at radius 3 is 2.59 bits per heavy atom. The number of methoxy groups -OCH3 is 1. The SMILES string of the molecule is COc1cc(C(=O)c2ncc3c(Oc4ccccc4)cccn23)ccc1[N+](=O)[O-]. The smallest absolute Gasteiger partial charge is 0.310 e. The Kier molecular flexibility index (Phi) is 4.66. The van der Waals surface area contributed by atoms with Crippen molar-refractivity contribution < 1.29 is 19.2 Å². The van der Waals surface area contributed by atoms with Crippen LogP contribution in [0.4, 0.5) is 5.69 Å². The van der Waals surface area contributed by atoms with Crippen LogP contribution in [0.3, 0.4) is 0 Å². The number of fused-ring (bicyclic) bond motifs is 1. The minimum atomic E-state index is -0.564. The number of para-hydroxylation sites is 1. The molecule has 8 nitrogen and oxygen atoms in total. The van der Waals surface area contributed by atoms with Gasteiger partial charge in [-0.3, -0.25) is 19.3 Å². The molecule has 0 aliphatic heterocycles. The second kappa shape index (κ2) is 7.43. The molecule has 0 saturated heterocycles. The molecule has 0 saturated carbocycles. The lowest BCUT2D eigenvalue weighted by atomic mass is 10.1. The Morgan fingerprint density at radius 1 is 1.07 bits per heavy atom. The van der Waals surface area contributed by atoms with Gasteiger partial charge >= 0.3 is 5.69 Å². The predicted molar refractivity (Wildman–Crippen MR) is 105 cm³/mol. The van der Waals surface area contributed by atoms with Crippen LogP contribution in [-0.2, 0) is 0 Å². The van der Waals surface area contributed by atoms with Crippen molar-refractivity contribution >= 4 is 17.0 Å². The van der Waals surface area contributed by atoms with Crippen LogP contribution in [0.5, 0.6) is 17.2 Å². The van der Waals surface area contributed by atoms with Crippen LogP contribution >= 0.6 is 0 Å². The van der Waals surface area contributed by atoms with Gasteiger partial charge in [0.2, 0.25) is 5.78 Å². The van der Waals surface area contributed by atoms with E-state index in [0.717, 1.165) is 0 Å². The Hall–Kier alpha value is -4.20. The fourth-order valence-corrected chi connectivity index (χ4v) is 2.96. The van der Waals surface area contributed by atoms with Gasteiger partial charge in [0.15, 0.2) is 17.3 Å². The summed E-state index contributed by atoms with van der Waals surface area (Å²) in [6.45, 7) is 0. The third-order valence-corrected chi connectivity index (χ3v) is 4.34. The number of hydrogen-bond donors (Lipinski definition) is 0. The van der Waals surface area contributed by atoms with Crippen LogP contribution in [-0.4, -0.2) is 27.2 Å². The number of aromatic nitrogens is 2. The molecular formula is C21H15N3O5. The van der Waals surface area contributed by atoms with E-state index >= 15 is 0 Å². The molecule has 4 rings (SSSR count). The monoisotopic (exact) mass is 389 g/mol. The molecule has 0 bridgehead atoms. The summed E-state index contributed by atoms with van der Waals surface area (Å²) in [6.07, 6.45) is 3.25. The van der Waals surface area contributed by atoms with Crippen molar-refractivity contribution in [2.75, 3.05) is 7.11 Å². The molecule has 29 heavy (non-hydrogen) atoms. The van der Waals surface area contributed by atoms with E-state index < -0.39 is 10.7 Å². The Labute approximate surface area is 165 Å². The number of nitro benzene ring substituents is 1. The number of pyridine rings is 1. The Balaban J connectivity index is 1.72. The van der Waals surface area contributed by atoms with Gasteiger partial charge in [0, 0.05) is 17.8 Å². The van der Waals surface area contributed by atoms with Crippen molar-refractivity contribution in [1.29, 1.82) is 0 Å². The van der Waals surface area contributed by atoms with E-state index in [1.165, 1.54) is 25.3 Å². The third kappa shape index (κ3) is 3.39. The summed E-state index contributed by atoms with van der Waals surface area (Å²) in [5.41, 5.74) is 0.637. The van der Waals surface area contributed by atoms with Gasteiger partial charge in [-0.25, -0.2) is 4.98 Å². The summed E-state index contributed by atoms with van der Waals surface area (Å²) in [7, 11) is 1.31. The molecule has 0 aliphatic rings. The number of ketones is 1. The van der Waals surface area contributed by atoms with Crippen LogP contribution in [0.1, 0.15) is 16.2 Å². The van der Waals surface area contributed by atoms with Gasteiger partial charge in [0.25, 0.3) is 0 Å². The molecule has 0 unspecified atom stereocenters. The molecule has 0 atom stereocenters. The molecule has 0 amide bonds. The minimum Gasteiger partial charge on any atom is -0.490 e. The van der Waals surface area contributed by atoms with Crippen molar-refractivity contribution in [3.8, 4) is 17.2 Å². The fourth-order valence-electron chi connectivity index (χ4n) is 2.96. The molecule has 2 aromatic heterocycles. The minimum absolute atomic E-state index is 0.00908. The lowest BCUT2D eigenvalue weighted by Gasteiger charge is -2.08. The standard InChI is InChI=1S/C21H15N3O5/c1-28-19-12-14(9-10-16(19)24(26)27)20(25)21-22-13-17-18(8-5-11-23(17)21)29-15-6-3-2-4-7-15/h2-13H,1H3. The van der Waals surface area contributed by atoms with E-state index in [1.54, 1.807) is 28.9 Å². The summed E-state index contributed by atoms with van der Waals surface area (Å²) in [5, 5.41) is 11.1. The first kappa shape index (κ1) is 18.2. The Bertz CT molecular complexity index is 1220. The lowest BCUT2D eigenvalue weighted by Crippen LogP contribution is -2.08. The zero-order valence-corrected chi connectivity index (χ0v) is 15.3. The second-order valence-corrected chi connectivity index (χ2v) is 6.10. The number of nitrogens with zero attached hydrogens (tertiary/aromatic N) is 3. The maximum absolute atomic E-state index is 13.0. The molecular weight excluding hydrogens is 374 g/mol. The van der Waals surface area contributed by atoms with Gasteiger partial charge in [-0.15, -0.1) is 0 Å². The molecule has 2 heterocycles. The van der Waals surface area contributed by atoms with E-state index in [-0.39, 0.29) is 22.8 Å². The number of carbonyl (C=O) groups is 1. The number of ether oxygens (including phenoxy) is 2. The zero-order valence-electron chi connectivity index (χ0n) is 15.3. The Morgan fingerprint density at radius 2 is 1.86 bits per heavy atom. The first-order valence-corrected chi connectivity index (χ1v) is 8.64. The van der Waals surface area contributed by atoms with Crippen molar-refractivity contribution in [1.82, 2.24) is 9.38 Å². The van der Waals surface area contributed by atoms with E-state index in [2.05, 4.69) is 4.98 Å². The van der Waals surface area contributed by atoms with E-state index in [4.69, 9.17) is 9.47 Å². The molecule has 4 aromatic rings. The molecule has 8 heteroatoms. The number of carbonyl (C=O) groups excluding carboxylic acids is 1. The predicted octanol–water partition coefficient (Wildman–Crippen LogP) is 4.27. The molecule has 0 spiro atoms. The fraction of sp³-hybridized carbons (Fsp3) is 0.0476. The van der Waals surface area contributed by atoms with E-state index in [0.29, 0.717) is 17.0 Å². The summed E-state index contributed by atoms with van der Waals surface area (Å²) in [6, 6.07) is 16.8. The van der Waals surface area contributed by atoms with Gasteiger partial charge in [-0.1, -0.05) is 18.2 Å². The molecule has 0 aliphatic carbocycles. The highest BCUT2D eigenvalue weighted by molar-refractivity contribution is 6.07. The van der Waals surface area contributed by atoms with Crippen LogP contribution in [0.2, 0.25) is 0 Å². The van der Waals surface area contributed by atoms with Crippen molar-refractivity contribution in [2.45, 2.75) is 0 Å². The van der Waals surface area contributed by atoms with Gasteiger partial charge in [0.05, 0.1) is 18.2 Å². The van der Waals surface area contributed by atoms with Crippen molar-refractivity contribution in [3.63, 3.8) is 0 Å². The number of imidazole rings is 1. The van der Waals surface area contributed by atoms with Crippen molar-refractivity contribution in [2.24, 2.45) is 0 Å². The third-order valence-electron chi connectivity index (χ3n) is 4.34. The first-order chi connectivity index (χ1) is 14.1. The highest BCUT2D eigenvalue weighted by atomic mass is 16.6. The van der Waals surface area contributed by atoms with Crippen LogP contribution in [0, 0.1) is 10.1 Å². The van der Waals surface area contributed by atoms with E-state index in [1.807, 2.05) is 30.3 Å². The number of nitro groups is 1. The van der Waals surface area contributed by atoms with Crippen LogP contribution in [0.15, 0.2) is 73.1 Å². The largest absolute Gasteiger partial charge is 0.490 e. The van der Waals surface area contributed by atoms with E-state index in [9.17, 15) is 14.9 Å². The van der Waals surface area contributed by atoms with Gasteiger partial charge in [0.1, 0.15) is 11.3 Å². The van der Waals surface area contributed by atoms with Crippen LogP contribution < -0.4 is 9.47 Å². The molecule has 0 N–H and O–H groups in total. The lowest BCUT2D eigenvalue weighted by molar-refractivity contribution is -0.385. The quantitative estimate of drug-likeness (QED) is 0.277. The highest BCUT2D eigenvalue weighted by Gasteiger charge is 2.21. The summed E-state index contributed by atoms with van der Waals surface area (Å²) >= 11 is 0. The maximum atomic E-state index is 13.0. The topological polar surface area (TPSA) is 96.0 Å². The highest BCUT2D eigenvalue weighted by Crippen LogP contribution is 2.30. The maximum Gasteiger partial charge on any atom is 0.310 e. The van der Waals surface area contributed by atoms with Gasteiger partial charge in [-0.2, -0.15) is 0 Å². The zero-order chi connectivity index (χ0) is 20.4. The summed E-state index contributed by atoms with van der Waals surface area (Å²) in [5.74, 6) is 0.987. The molecule has 0 radical (unpaired) electrons. The second-order valence-electron chi connectivity index (χ2n) is 6.10. The van der Waals surface area contributed by atoms with Crippen LogP contribution in [0.25, 0.3) is 5.52 Å². The normalized spacial score (nSPS) is 10.7. The molecule has 0 fully saturated rings. The van der Waals surface area contributed by atoms with Crippen molar-refractivity contribution in [3.05, 3.63) is 94.6 Å². The van der Waals surface area contributed by atoms with Gasteiger partial charge < -0.3 is 9.47 Å². The first-order valence-electron chi connectivity index (χ1n) is 8.64. The number of benzene rings is 2. The number of rotatable bonds is 6. The summed E-state index contributed by atoms with van der Waals surface area (Å²) < 4.78 is 12.6. The number of hydrogen-bond acceptors (Lipinski definition) is 6. The van der Waals surface area contributed by atoms with Gasteiger partial charge in [-0.05, 0) is 36.4 Å². The molecule has 144 valence electrons. The average molecular weight is 389 g/mol. The molecule has 2 aromatic carbocycles. The summed E-state index contributed by atoms with van der Waals surface area (Å²) in [4.78, 5) is 27.7.